The van der Waals surface area contributed by atoms with Crippen molar-refractivity contribution in [3.63, 3.8) is 0 Å². The normalized spacial score (nSPS) is 10.7. The Morgan fingerprint density at radius 1 is 1.37 bits per heavy atom. The van der Waals surface area contributed by atoms with Gasteiger partial charge in [-0.3, -0.25) is 10.1 Å². The Labute approximate surface area is 109 Å². The van der Waals surface area contributed by atoms with Gasteiger partial charge in [0.1, 0.15) is 5.75 Å². The highest BCUT2D eigenvalue weighted by Crippen LogP contribution is 2.18. The average Bonchev–Trinajstić information content (AvgIpc) is 2.86. The first kappa shape index (κ1) is 13.0. The Bertz CT molecular complexity index is 563. The maximum Gasteiger partial charge on any atom is 0.269 e. The number of aromatic nitrogens is 2. The van der Waals surface area contributed by atoms with Gasteiger partial charge in [-0.05, 0) is 12.1 Å². The number of rotatable bonds is 5. The quantitative estimate of drug-likeness (QED) is 0.608. The van der Waals surface area contributed by atoms with E-state index < -0.39 is 4.92 Å². The van der Waals surface area contributed by atoms with Crippen LogP contribution < -0.4 is 4.74 Å². The number of nitrogens with zero attached hydrogens (tertiary/aromatic N) is 3. The van der Waals surface area contributed by atoms with Gasteiger partial charge < -0.3 is 9.26 Å². The summed E-state index contributed by atoms with van der Waals surface area (Å²) in [5.41, 5.74) is 0.0206. The zero-order valence-corrected chi connectivity index (χ0v) is 10.6. The average molecular weight is 263 g/mol. The molecule has 100 valence electrons. The van der Waals surface area contributed by atoms with Crippen LogP contribution in [0.1, 0.15) is 31.5 Å². The smallest absolute Gasteiger partial charge is 0.269 e. The molecule has 0 bridgehead atoms. The molecular formula is C12H13N3O4. The minimum Gasteiger partial charge on any atom is -0.484 e. The van der Waals surface area contributed by atoms with Gasteiger partial charge in [0.25, 0.3) is 11.6 Å². The molecule has 1 aromatic heterocycles. The van der Waals surface area contributed by atoms with E-state index in [1.165, 1.54) is 24.3 Å². The SMILES string of the molecule is CC(C)c1noc(COc2ccc([N+](=O)[O-])cc2)n1. The summed E-state index contributed by atoms with van der Waals surface area (Å²) in [6.45, 7) is 4.06. The van der Waals surface area contributed by atoms with Crippen LogP contribution in [-0.2, 0) is 6.61 Å². The first-order chi connectivity index (χ1) is 9.06. The van der Waals surface area contributed by atoms with Crippen molar-refractivity contribution >= 4 is 5.69 Å². The van der Waals surface area contributed by atoms with E-state index in [0.29, 0.717) is 17.5 Å². The predicted molar refractivity (Wildman–Crippen MR) is 65.8 cm³/mol. The molecule has 2 rings (SSSR count). The van der Waals surface area contributed by atoms with Crippen molar-refractivity contribution in [2.75, 3.05) is 0 Å². The van der Waals surface area contributed by atoms with Crippen molar-refractivity contribution in [2.24, 2.45) is 0 Å². The monoisotopic (exact) mass is 263 g/mol. The molecule has 0 aliphatic carbocycles. The number of nitro groups is 1. The summed E-state index contributed by atoms with van der Waals surface area (Å²) in [6.07, 6.45) is 0. The van der Waals surface area contributed by atoms with E-state index in [1.54, 1.807) is 0 Å². The van der Waals surface area contributed by atoms with Gasteiger partial charge in [0.05, 0.1) is 4.92 Å². The highest BCUT2D eigenvalue weighted by molar-refractivity contribution is 5.35. The van der Waals surface area contributed by atoms with Crippen LogP contribution in [0.5, 0.6) is 5.75 Å². The number of nitro benzene ring substituents is 1. The molecule has 19 heavy (non-hydrogen) atoms. The second-order valence-corrected chi connectivity index (χ2v) is 4.24. The van der Waals surface area contributed by atoms with Crippen molar-refractivity contribution < 1.29 is 14.2 Å². The molecule has 1 aromatic carbocycles. The summed E-state index contributed by atoms with van der Waals surface area (Å²) in [5.74, 6) is 1.70. The van der Waals surface area contributed by atoms with Crippen molar-refractivity contribution in [3.8, 4) is 5.75 Å². The molecule has 0 aliphatic rings. The van der Waals surface area contributed by atoms with Gasteiger partial charge in [0.2, 0.25) is 0 Å². The number of hydrogen-bond donors (Lipinski definition) is 0. The minimum atomic E-state index is -0.462. The molecule has 0 N–H and O–H groups in total. The van der Waals surface area contributed by atoms with Crippen molar-refractivity contribution in [1.82, 2.24) is 10.1 Å². The van der Waals surface area contributed by atoms with Crippen LogP contribution in [0.15, 0.2) is 28.8 Å². The van der Waals surface area contributed by atoms with Crippen molar-refractivity contribution in [1.29, 1.82) is 0 Å². The van der Waals surface area contributed by atoms with E-state index >= 15 is 0 Å². The Morgan fingerprint density at radius 3 is 2.58 bits per heavy atom. The standard InChI is InChI=1S/C12H13N3O4/c1-8(2)12-13-11(19-14-12)7-18-10-5-3-9(4-6-10)15(16)17/h3-6,8H,7H2,1-2H3. The van der Waals surface area contributed by atoms with Crippen LogP contribution in [0.25, 0.3) is 0 Å². The van der Waals surface area contributed by atoms with Gasteiger partial charge in [-0.1, -0.05) is 19.0 Å². The van der Waals surface area contributed by atoms with Crippen molar-refractivity contribution in [2.45, 2.75) is 26.4 Å². The summed E-state index contributed by atoms with van der Waals surface area (Å²) in [6, 6.07) is 5.81. The van der Waals surface area contributed by atoms with Crippen LogP contribution in [0.3, 0.4) is 0 Å². The molecule has 0 spiro atoms. The minimum absolute atomic E-state index is 0.0206. The topological polar surface area (TPSA) is 91.3 Å². The fourth-order valence-electron chi connectivity index (χ4n) is 1.37. The second kappa shape index (κ2) is 5.47. The highest BCUT2D eigenvalue weighted by atomic mass is 16.6. The van der Waals surface area contributed by atoms with Crippen LogP contribution in [0.2, 0.25) is 0 Å². The molecule has 0 amide bonds. The largest absolute Gasteiger partial charge is 0.484 e. The van der Waals surface area contributed by atoms with Crippen LogP contribution >= 0.6 is 0 Å². The van der Waals surface area contributed by atoms with E-state index in [4.69, 9.17) is 9.26 Å². The zero-order valence-electron chi connectivity index (χ0n) is 10.6. The molecule has 0 radical (unpaired) electrons. The number of non-ortho nitro benzene ring substituents is 1. The van der Waals surface area contributed by atoms with E-state index in [1.807, 2.05) is 13.8 Å². The Balaban J connectivity index is 1.96. The van der Waals surface area contributed by atoms with Gasteiger partial charge in [0, 0.05) is 18.1 Å². The highest BCUT2D eigenvalue weighted by Gasteiger charge is 2.10. The van der Waals surface area contributed by atoms with Crippen LogP contribution in [0, 0.1) is 10.1 Å². The second-order valence-electron chi connectivity index (χ2n) is 4.24. The molecule has 0 atom stereocenters. The third kappa shape index (κ3) is 3.27. The van der Waals surface area contributed by atoms with Crippen LogP contribution in [0.4, 0.5) is 5.69 Å². The van der Waals surface area contributed by atoms with Gasteiger partial charge >= 0.3 is 0 Å². The molecule has 1 heterocycles. The van der Waals surface area contributed by atoms with Gasteiger partial charge in [-0.2, -0.15) is 4.98 Å². The summed E-state index contributed by atoms with van der Waals surface area (Å²) in [7, 11) is 0. The summed E-state index contributed by atoms with van der Waals surface area (Å²) in [4.78, 5) is 14.2. The third-order valence-corrected chi connectivity index (χ3v) is 2.41. The maximum absolute atomic E-state index is 10.5. The molecule has 2 aromatic rings. The zero-order chi connectivity index (χ0) is 13.8. The summed E-state index contributed by atoms with van der Waals surface area (Å²) in [5, 5.41) is 14.3. The molecule has 7 heteroatoms. The molecule has 0 fully saturated rings. The molecular weight excluding hydrogens is 250 g/mol. The molecule has 7 nitrogen and oxygen atoms in total. The molecule has 0 aliphatic heterocycles. The number of hydrogen-bond acceptors (Lipinski definition) is 6. The lowest BCUT2D eigenvalue weighted by molar-refractivity contribution is -0.384. The molecule has 0 saturated carbocycles. The number of benzene rings is 1. The summed E-state index contributed by atoms with van der Waals surface area (Å²) >= 11 is 0. The van der Waals surface area contributed by atoms with E-state index in [9.17, 15) is 10.1 Å². The Kier molecular flexibility index (Phi) is 3.74. The van der Waals surface area contributed by atoms with Crippen molar-refractivity contribution in [3.05, 3.63) is 46.1 Å². The Morgan fingerprint density at radius 2 is 2.05 bits per heavy atom. The third-order valence-electron chi connectivity index (χ3n) is 2.41. The van der Waals surface area contributed by atoms with Gasteiger partial charge in [0.15, 0.2) is 12.4 Å². The van der Waals surface area contributed by atoms with Gasteiger partial charge in [-0.25, -0.2) is 0 Å². The number of ether oxygens (including phenoxy) is 1. The van der Waals surface area contributed by atoms with E-state index in [0.717, 1.165) is 0 Å². The van der Waals surface area contributed by atoms with E-state index in [2.05, 4.69) is 10.1 Å². The van der Waals surface area contributed by atoms with Gasteiger partial charge in [-0.15, -0.1) is 0 Å². The fraction of sp³-hybridized carbons (Fsp3) is 0.333. The molecule has 0 saturated heterocycles. The molecule has 0 unspecified atom stereocenters. The lowest BCUT2D eigenvalue weighted by Gasteiger charge is -2.01. The predicted octanol–water partition coefficient (Wildman–Crippen LogP) is 2.68. The fourth-order valence-corrected chi connectivity index (χ4v) is 1.37. The summed E-state index contributed by atoms with van der Waals surface area (Å²) < 4.78 is 10.4. The first-order valence-electron chi connectivity index (χ1n) is 5.76. The first-order valence-corrected chi connectivity index (χ1v) is 5.76. The maximum atomic E-state index is 10.5. The lowest BCUT2D eigenvalue weighted by atomic mass is 10.2. The van der Waals surface area contributed by atoms with Crippen LogP contribution in [-0.4, -0.2) is 15.1 Å². The lowest BCUT2D eigenvalue weighted by Crippen LogP contribution is -1.97. The van der Waals surface area contributed by atoms with E-state index in [-0.39, 0.29) is 18.2 Å². The Hall–Kier alpha value is -2.44.